The standard InChI is InChI=1S/C22H21N5O3/c1-13-3-10-18(29-13)11-23-21(28)19-12-27(25-14(19)2)17-8-6-15(7-9-17)20-24-22(30-26-20)16-4-5-16/h3,6-10,12,16H,4-5,11H2,1-2H3,(H,23,28). The first-order valence-electron chi connectivity index (χ1n) is 9.91. The fraction of sp³-hybridized carbons (Fsp3) is 0.273. The van der Waals surface area contributed by atoms with Crippen molar-refractivity contribution in [2.75, 3.05) is 0 Å². The molecule has 0 aliphatic heterocycles. The number of hydrogen-bond donors (Lipinski definition) is 1. The van der Waals surface area contributed by atoms with Crippen LogP contribution in [-0.2, 0) is 6.54 Å². The van der Waals surface area contributed by atoms with Crippen molar-refractivity contribution >= 4 is 5.91 Å². The van der Waals surface area contributed by atoms with Crippen LogP contribution in [0.3, 0.4) is 0 Å². The quantitative estimate of drug-likeness (QED) is 0.523. The lowest BCUT2D eigenvalue weighted by Gasteiger charge is -2.02. The van der Waals surface area contributed by atoms with Crippen molar-refractivity contribution in [1.29, 1.82) is 0 Å². The molecule has 5 rings (SSSR count). The number of nitrogens with one attached hydrogen (secondary N) is 1. The van der Waals surface area contributed by atoms with Gasteiger partial charge in [-0.25, -0.2) is 4.68 Å². The Hall–Kier alpha value is -3.68. The highest BCUT2D eigenvalue weighted by atomic mass is 16.5. The Morgan fingerprint density at radius 2 is 1.97 bits per heavy atom. The number of aryl methyl sites for hydroxylation is 2. The molecule has 1 aliphatic rings. The van der Waals surface area contributed by atoms with E-state index in [9.17, 15) is 4.79 Å². The number of aromatic nitrogens is 4. The molecule has 8 nitrogen and oxygen atoms in total. The first kappa shape index (κ1) is 18.4. The maximum absolute atomic E-state index is 12.6. The minimum Gasteiger partial charge on any atom is -0.465 e. The highest BCUT2D eigenvalue weighted by Gasteiger charge is 2.29. The maximum Gasteiger partial charge on any atom is 0.255 e. The van der Waals surface area contributed by atoms with Crippen LogP contribution in [0.15, 0.2) is 51.5 Å². The Morgan fingerprint density at radius 3 is 2.67 bits per heavy atom. The van der Waals surface area contributed by atoms with Crippen molar-refractivity contribution in [2.24, 2.45) is 0 Å². The number of carbonyl (C=O) groups excluding carboxylic acids is 1. The molecule has 0 atom stereocenters. The molecular formula is C22H21N5O3. The van der Waals surface area contributed by atoms with Crippen LogP contribution in [0.2, 0.25) is 0 Å². The van der Waals surface area contributed by atoms with Crippen LogP contribution in [0.1, 0.15) is 52.2 Å². The van der Waals surface area contributed by atoms with E-state index in [1.807, 2.05) is 50.2 Å². The molecule has 1 fully saturated rings. The molecule has 3 heterocycles. The van der Waals surface area contributed by atoms with Gasteiger partial charge in [-0.2, -0.15) is 10.1 Å². The Bertz CT molecular complexity index is 1200. The predicted octanol–water partition coefficient (Wildman–Crippen LogP) is 3.94. The summed E-state index contributed by atoms with van der Waals surface area (Å²) in [6.45, 7) is 4.02. The van der Waals surface area contributed by atoms with Gasteiger partial charge in [-0.1, -0.05) is 5.16 Å². The minimum absolute atomic E-state index is 0.191. The summed E-state index contributed by atoms with van der Waals surface area (Å²) in [5, 5.41) is 11.4. The molecule has 1 aliphatic carbocycles. The third kappa shape index (κ3) is 3.63. The zero-order valence-corrected chi connectivity index (χ0v) is 16.8. The summed E-state index contributed by atoms with van der Waals surface area (Å²) in [6, 6.07) is 11.4. The Kier molecular flexibility index (Phi) is 4.46. The second-order valence-corrected chi connectivity index (χ2v) is 7.55. The molecule has 1 saturated carbocycles. The van der Waals surface area contributed by atoms with Crippen LogP contribution >= 0.6 is 0 Å². The van der Waals surface area contributed by atoms with Crippen LogP contribution in [0.5, 0.6) is 0 Å². The van der Waals surface area contributed by atoms with Crippen molar-refractivity contribution < 1.29 is 13.7 Å². The molecule has 4 aromatic rings. The molecule has 0 unspecified atom stereocenters. The van der Waals surface area contributed by atoms with Gasteiger partial charge >= 0.3 is 0 Å². The van der Waals surface area contributed by atoms with Crippen molar-refractivity contribution in [2.45, 2.75) is 39.2 Å². The second kappa shape index (κ2) is 7.29. The van der Waals surface area contributed by atoms with E-state index in [-0.39, 0.29) is 5.91 Å². The number of carbonyl (C=O) groups is 1. The first-order valence-corrected chi connectivity index (χ1v) is 9.91. The molecule has 0 bridgehead atoms. The summed E-state index contributed by atoms with van der Waals surface area (Å²) in [5.74, 6) is 3.08. The average Bonchev–Trinajstić information content (AvgIpc) is 3.14. The van der Waals surface area contributed by atoms with E-state index in [0.717, 1.165) is 35.7 Å². The largest absolute Gasteiger partial charge is 0.465 e. The first-order chi connectivity index (χ1) is 14.6. The van der Waals surface area contributed by atoms with E-state index >= 15 is 0 Å². The molecule has 1 N–H and O–H groups in total. The molecule has 1 aromatic carbocycles. The number of rotatable bonds is 6. The van der Waals surface area contributed by atoms with E-state index < -0.39 is 0 Å². The molecule has 8 heteroatoms. The third-order valence-corrected chi connectivity index (χ3v) is 5.12. The molecule has 0 radical (unpaired) electrons. The molecule has 152 valence electrons. The van der Waals surface area contributed by atoms with Crippen LogP contribution in [0.25, 0.3) is 17.1 Å². The van der Waals surface area contributed by atoms with Gasteiger partial charge in [-0.3, -0.25) is 4.79 Å². The summed E-state index contributed by atoms with van der Waals surface area (Å²) >= 11 is 0. The van der Waals surface area contributed by atoms with Crippen LogP contribution in [0.4, 0.5) is 0 Å². The van der Waals surface area contributed by atoms with Crippen LogP contribution in [-0.4, -0.2) is 25.8 Å². The molecule has 3 aromatic heterocycles. The molecule has 0 saturated heterocycles. The third-order valence-electron chi connectivity index (χ3n) is 5.12. The Morgan fingerprint density at radius 1 is 1.17 bits per heavy atom. The fourth-order valence-corrected chi connectivity index (χ4v) is 3.27. The second-order valence-electron chi connectivity index (χ2n) is 7.55. The minimum atomic E-state index is -0.191. The Labute approximate surface area is 172 Å². The van der Waals surface area contributed by atoms with Gasteiger partial charge in [-0.05, 0) is 63.1 Å². The topological polar surface area (TPSA) is 99.0 Å². The van der Waals surface area contributed by atoms with E-state index in [1.54, 1.807) is 10.9 Å². The average molecular weight is 403 g/mol. The number of hydrogen-bond acceptors (Lipinski definition) is 6. The lowest BCUT2D eigenvalue weighted by atomic mass is 10.2. The van der Waals surface area contributed by atoms with Gasteiger partial charge in [0.25, 0.3) is 5.91 Å². The van der Waals surface area contributed by atoms with Gasteiger partial charge in [0.1, 0.15) is 11.5 Å². The lowest BCUT2D eigenvalue weighted by Crippen LogP contribution is -2.22. The SMILES string of the molecule is Cc1ccc(CNC(=O)c2cn(-c3ccc(-c4noc(C5CC5)n4)cc3)nc2C)o1. The Balaban J connectivity index is 1.30. The normalized spacial score (nSPS) is 13.5. The summed E-state index contributed by atoms with van der Waals surface area (Å²) < 4.78 is 12.5. The highest BCUT2D eigenvalue weighted by molar-refractivity contribution is 5.95. The van der Waals surface area contributed by atoms with Gasteiger partial charge in [0, 0.05) is 17.7 Å². The predicted molar refractivity (Wildman–Crippen MR) is 108 cm³/mol. The van der Waals surface area contributed by atoms with Crippen molar-refractivity contribution in [3.63, 3.8) is 0 Å². The van der Waals surface area contributed by atoms with Crippen molar-refractivity contribution in [1.82, 2.24) is 25.2 Å². The van der Waals surface area contributed by atoms with Crippen LogP contribution in [0, 0.1) is 13.8 Å². The molecule has 1 amide bonds. The zero-order valence-electron chi connectivity index (χ0n) is 16.8. The molecule has 0 spiro atoms. The highest BCUT2D eigenvalue weighted by Crippen LogP contribution is 2.39. The number of amides is 1. The number of nitrogens with zero attached hydrogens (tertiary/aromatic N) is 4. The van der Waals surface area contributed by atoms with E-state index in [0.29, 0.717) is 35.3 Å². The fourth-order valence-electron chi connectivity index (χ4n) is 3.27. The van der Waals surface area contributed by atoms with Gasteiger partial charge in [-0.15, -0.1) is 0 Å². The number of furan rings is 1. The maximum atomic E-state index is 12.6. The zero-order chi connectivity index (χ0) is 20.7. The van der Waals surface area contributed by atoms with Gasteiger partial charge in [0.05, 0.1) is 23.5 Å². The van der Waals surface area contributed by atoms with Gasteiger partial charge in [0.2, 0.25) is 11.7 Å². The summed E-state index contributed by atoms with van der Waals surface area (Å²) in [6.07, 6.45) is 3.97. The van der Waals surface area contributed by atoms with Crippen molar-refractivity contribution in [3.05, 3.63) is 71.3 Å². The van der Waals surface area contributed by atoms with E-state index in [1.165, 1.54) is 0 Å². The van der Waals surface area contributed by atoms with Crippen molar-refractivity contribution in [3.8, 4) is 17.1 Å². The van der Waals surface area contributed by atoms with E-state index in [4.69, 9.17) is 8.94 Å². The molecule has 30 heavy (non-hydrogen) atoms. The van der Waals surface area contributed by atoms with Crippen LogP contribution < -0.4 is 5.32 Å². The smallest absolute Gasteiger partial charge is 0.255 e. The monoisotopic (exact) mass is 403 g/mol. The summed E-state index contributed by atoms with van der Waals surface area (Å²) in [4.78, 5) is 17.0. The number of benzene rings is 1. The van der Waals surface area contributed by atoms with Gasteiger partial charge < -0.3 is 14.3 Å². The lowest BCUT2D eigenvalue weighted by molar-refractivity contribution is 0.0947. The van der Waals surface area contributed by atoms with Gasteiger partial charge in [0.15, 0.2) is 0 Å². The van der Waals surface area contributed by atoms with E-state index in [2.05, 4.69) is 20.6 Å². The molecular weight excluding hydrogens is 382 g/mol. The summed E-state index contributed by atoms with van der Waals surface area (Å²) in [5.41, 5.74) is 2.90. The summed E-state index contributed by atoms with van der Waals surface area (Å²) in [7, 11) is 0.